The smallest absolute Gasteiger partial charge is 0.371 e. The van der Waals surface area contributed by atoms with Gasteiger partial charge in [-0.2, -0.15) is 0 Å². The number of furan rings is 1. The van der Waals surface area contributed by atoms with Crippen LogP contribution in [0.25, 0.3) is 0 Å². The first-order valence-electron chi connectivity index (χ1n) is 7.34. The first-order valence-corrected chi connectivity index (χ1v) is 8.13. The van der Waals surface area contributed by atoms with Gasteiger partial charge >= 0.3 is 5.97 Å². The molecular formula is C17H18BrNO4. The molecule has 1 aromatic heterocycles. The van der Waals surface area contributed by atoms with Gasteiger partial charge in [0.25, 0.3) is 0 Å². The van der Waals surface area contributed by atoms with E-state index in [1.54, 1.807) is 6.07 Å². The van der Waals surface area contributed by atoms with E-state index in [4.69, 9.17) is 9.52 Å². The third-order valence-electron chi connectivity index (χ3n) is 3.60. The Hall–Kier alpha value is -2.08. The van der Waals surface area contributed by atoms with Crippen LogP contribution in [0.15, 0.2) is 45.3 Å². The standard InChI is InChI=1S/C17H18BrNO4/c1-2-11(9-12-5-3-4-6-14(12)18)16(20)19-10-13-7-8-15(23-13)17(21)22/h3-8,11H,2,9-10H2,1H3,(H,19,20)(H,21,22). The van der Waals surface area contributed by atoms with Gasteiger partial charge in [-0.25, -0.2) is 4.79 Å². The van der Waals surface area contributed by atoms with E-state index in [9.17, 15) is 9.59 Å². The molecule has 23 heavy (non-hydrogen) atoms. The van der Waals surface area contributed by atoms with Crippen molar-refractivity contribution in [1.82, 2.24) is 5.32 Å². The Morgan fingerprint density at radius 3 is 2.61 bits per heavy atom. The molecule has 0 spiro atoms. The number of halogens is 1. The lowest BCUT2D eigenvalue weighted by atomic mass is 9.96. The largest absolute Gasteiger partial charge is 0.475 e. The van der Waals surface area contributed by atoms with E-state index in [-0.39, 0.29) is 24.1 Å². The van der Waals surface area contributed by atoms with Gasteiger partial charge in [0.2, 0.25) is 11.7 Å². The molecule has 0 radical (unpaired) electrons. The van der Waals surface area contributed by atoms with Crippen molar-refractivity contribution in [3.8, 4) is 0 Å². The van der Waals surface area contributed by atoms with E-state index in [2.05, 4.69) is 21.2 Å². The lowest BCUT2D eigenvalue weighted by molar-refractivity contribution is -0.125. The molecule has 1 unspecified atom stereocenters. The average molecular weight is 380 g/mol. The Bertz CT molecular complexity index is 695. The van der Waals surface area contributed by atoms with Gasteiger partial charge in [-0.15, -0.1) is 0 Å². The van der Waals surface area contributed by atoms with Crippen molar-refractivity contribution in [1.29, 1.82) is 0 Å². The number of rotatable bonds is 7. The number of hydrogen-bond donors (Lipinski definition) is 2. The monoisotopic (exact) mass is 379 g/mol. The van der Waals surface area contributed by atoms with Crippen molar-refractivity contribution in [2.45, 2.75) is 26.3 Å². The average Bonchev–Trinajstić information content (AvgIpc) is 3.01. The van der Waals surface area contributed by atoms with E-state index >= 15 is 0 Å². The molecule has 2 N–H and O–H groups in total. The van der Waals surface area contributed by atoms with E-state index < -0.39 is 5.97 Å². The Balaban J connectivity index is 1.94. The van der Waals surface area contributed by atoms with Crippen LogP contribution in [0, 0.1) is 5.92 Å². The number of aromatic carboxylic acids is 1. The second-order valence-electron chi connectivity index (χ2n) is 5.19. The summed E-state index contributed by atoms with van der Waals surface area (Å²) in [5.41, 5.74) is 1.08. The molecule has 122 valence electrons. The second-order valence-corrected chi connectivity index (χ2v) is 6.04. The molecule has 5 nitrogen and oxygen atoms in total. The number of carbonyl (C=O) groups is 2. The van der Waals surface area contributed by atoms with Crippen LogP contribution in [0.4, 0.5) is 0 Å². The van der Waals surface area contributed by atoms with Crippen LogP contribution >= 0.6 is 15.9 Å². The highest BCUT2D eigenvalue weighted by Crippen LogP contribution is 2.21. The lowest BCUT2D eigenvalue weighted by Gasteiger charge is -2.15. The van der Waals surface area contributed by atoms with Gasteiger partial charge in [0, 0.05) is 10.4 Å². The quantitative estimate of drug-likeness (QED) is 0.769. The Morgan fingerprint density at radius 2 is 2.00 bits per heavy atom. The van der Waals surface area contributed by atoms with Gasteiger partial charge in [-0.05, 0) is 36.6 Å². The predicted octanol–water partition coefficient (Wildman–Crippen LogP) is 3.63. The van der Waals surface area contributed by atoms with Gasteiger partial charge in [0.15, 0.2) is 0 Å². The van der Waals surface area contributed by atoms with Crippen molar-refractivity contribution in [3.63, 3.8) is 0 Å². The van der Waals surface area contributed by atoms with Gasteiger partial charge in [-0.3, -0.25) is 4.79 Å². The molecule has 6 heteroatoms. The minimum absolute atomic E-state index is 0.0727. The maximum Gasteiger partial charge on any atom is 0.371 e. The van der Waals surface area contributed by atoms with Crippen LogP contribution in [0.3, 0.4) is 0 Å². The van der Waals surface area contributed by atoms with Gasteiger partial charge in [-0.1, -0.05) is 41.1 Å². The molecule has 0 aliphatic heterocycles. The first kappa shape index (κ1) is 17.3. The normalized spacial score (nSPS) is 11.9. The number of carboxylic acid groups (broad SMARTS) is 1. The Kier molecular flexibility index (Phi) is 5.98. The summed E-state index contributed by atoms with van der Waals surface area (Å²) in [4.78, 5) is 23.1. The summed E-state index contributed by atoms with van der Waals surface area (Å²) in [6, 6.07) is 10.8. The number of carboxylic acids is 1. The minimum atomic E-state index is -1.12. The molecular weight excluding hydrogens is 362 g/mol. The zero-order valence-corrected chi connectivity index (χ0v) is 14.3. The molecule has 0 bridgehead atoms. The number of hydrogen-bond acceptors (Lipinski definition) is 3. The third kappa shape index (κ3) is 4.69. The van der Waals surface area contributed by atoms with Crippen LogP contribution in [-0.4, -0.2) is 17.0 Å². The van der Waals surface area contributed by atoms with E-state index in [0.717, 1.165) is 10.0 Å². The number of nitrogens with one attached hydrogen (secondary N) is 1. The molecule has 1 heterocycles. The molecule has 1 atom stereocenters. The fourth-order valence-electron chi connectivity index (χ4n) is 2.26. The summed E-state index contributed by atoms with van der Waals surface area (Å²) < 4.78 is 6.11. The maximum absolute atomic E-state index is 12.3. The zero-order chi connectivity index (χ0) is 16.8. The summed E-state index contributed by atoms with van der Waals surface area (Å²) >= 11 is 3.49. The summed E-state index contributed by atoms with van der Waals surface area (Å²) in [6.07, 6.45) is 1.36. The van der Waals surface area contributed by atoms with Crippen molar-refractivity contribution < 1.29 is 19.1 Å². The lowest BCUT2D eigenvalue weighted by Crippen LogP contribution is -2.31. The van der Waals surface area contributed by atoms with Gasteiger partial charge in [0.05, 0.1) is 6.54 Å². The summed E-state index contributed by atoms with van der Waals surface area (Å²) in [5, 5.41) is 11.6. The highest BCUT2D eigenvalue weighted by molar-refractivity contribution is 9.10. The van der Waals surface area contributed by atoms with Crippen molar-refractivity contribution in [2.75, 3.05) is 0 Å². The number of benzene rings is 1. The molecule has 0 fully saturated rings. The topological polar surface area (TPSA) is 79.5 Å². The highest BCUT2D eigenvalue weighted by Gasteiger charge is 2.18. The Morgan fingerprint density at radius 1 is 1.26 bits per heavy atom. The fraction of sp³-hybridized carbons (Fsp3) is 0.294. The molecule has 2 aromatic rings. The van der Waals surface area contributed by atoms with Crippen molar-refractivity contribution in [3.05, 3.63) is 58.0 Å². The van der Waals surface area contributed by atoms with Crippen LogP contribution in [0.2, 0.25) is 0 Å². The molecule has 0 saturated heterocycles. The van der Waals surface area contributed by atoms with Gasteiger partial charge < -0.3 is 14.8 Å². The first-order chi connectivity index (χ1) is 11.0. The summed E-state index contributed by atoms with van der Waals surface area (Å²) in [6.45, 7) is 2.15. The Labute approximate surface area is 142 Å². The molecule has 1 aromatic carbocycles. The summed E-state index contributed by atoms with van der Waals surface area (Å²) in [7, 11) is 0. The number of carbonyl (C=O) groups excluding carboxylic acids is 1. The van der Waals surface area contributed by atoms with Crippen LogP contribution in [0.5, 0.6) is 0 Å². The maximum atomic E-state index is 12.3. The van der Waals surface area contributed by atoms with Crippen LogP contribution < -0.4 is 5.32 Å². The van der Waals surface area contributed by atoms with Crippen molar-refractivity contribution in [2.24, 2.45) is 5.92 Å². The fourth-order valence-corrected chi connectivity index (χ4v) is 2.70. The number of amides is 1. The molecule has 0 aliphatic rings. The van der Waals surface area contributed by atoms with Crippen molar-refractivity contribution >= 4 is 27.8 Å². The molecule has 1 amide bonds. The minimum Gasteiger partial charge on any atom is -0.475 e. The van der Waals surface area contributed by atoms with Crippen LogP contribution in [0.1, 0.15) is 35.2 Å². The predicted molar refractivity (Wildman–Crippen MR) is 89.1 cm³/mol. The zero-order valence-electron chi connectivity index (χ0n) is 12.7. The molecule has 0 aliphatic carbocycles. The molecule has 0 saturated carbocycles. The van der Waals surface area contributed by atoms with Crippen LogP contribution in [-0.2, 0) is 17.8 Å². The third-order valence-corrected chi connectivity index (χ3v) is 4.37. The second kappa shape index (κ2) is 7.97. The summed E-state index contributed by atoms with van der Waals surface area (Å²) in [5.74, 6) is -1.05. The van der Waals surface area contributed by atoms with E-state index in [1.807, 2.05) is 31.2 Å². The van der Waals surface area contributed by atoms with E-state index in [0.29, 0.717) is 18.6 Å². The SMILES string of the molecule is CCC(Cc1ccccc1Br)C(=O)NCc1ccc(C(=O)O)o1. The van der Waals surface area contributed by atoms with Gasteiger partial charge in [0.1, 0.15) is 5.76 Å². The van der Waals surface area contributed by atoms with E-state index in [1.165, 1.54) is 6.07 Å². The molecule has 2 rings (SSSR count). The highest BCUT2D eigenvalue weighted by atomic mass is 79.9.